The molecule has 6 heteroatoms. The molecule has 0 atom stereocenters. The minimum Gasteiger partial charge on any atom is -0.368 e. The SMILES string of the molecule is CN=C(NCCc1ccccn1)N1CCN(c2cccc(C)c2C)CC1.I. The number of nitrogens with zero attached hydrogens (tertiary/aromatic N) is 4. The van der Waals surface area contributed by atoms with Gasteiger partial charge in [-0.3, -0.25) is 9.98 Å². The Kier molecular flexibility index (Phi) is 8.34. The summed E-state index contributed by atoms with van der Waals surface area (Å²) in [6.45, 7) is 9.25. The Balaban J connectivity index is 0.00000261. The Bertz CT molecular complexity index is 739. The standard InChI is InChI=1S/C21H29N5.HI/c1-17-7-6-9-20(18(17)2)25-13-15-26(16-14-25)21(22-3)24-12-10-19-8-4-5-11-23-19;/h4-9,11H,10,12-16H2,1-3H3,(H,22,24);1H. The molecule has 1 aromatic carbocycles. The lowest BCUT2D eigenvalue weighted by Crippen LogP contribution is -2.53. The van der Waals surface area contributed by atoms with Crippen LogP contribution in [0.4, 0.5) is 5.69 Å². The van der Waals surface area contributed by atoms with Crippen LogP contribution in [0.5, 0.6) is 0 Å². The molecule has 1 aliphatic rings. The average Bonchev–Trinajstić information content (AvgIpc) is 2.69. The molecule has 1 aliphatic heterocycles. The number of nitrogens with one attached hydrogen (secondary N) is 1. The van der Waals surface area contributed by atoms with Crippen molar-refractivity contribution < 1.29 is 0 Å². The summed E-state index contributed by atoms with van der Waals surface area (Å²) < 4.78 is 0. The Morgan fingerprint density at radius 2 is 1.85 bits per heavy atom. The van der Waals surface area contributed by atoms with E-state index in [9.17, 15) is 0 Å². The van der Waals surface area contributed by atoms with Crippen LogP contribution < -0.4 is 10.2 Å². The molecule has 5 nitrogen and oxygen atoms in total. The first-order valence-corrected chi connectivity index (χ1v) is 9.35. The van der Waals surface area contributed by atoms with Crippen molar-refractivity contribution in [2.45, 2.75) is 20.3 Å². The molecule has 146 valence electrons. The molecule has 0 unspecified atom stereocenters. The maximum atomic E-state index is 4.46. The molecule has 0 saturated carbocycles. The fourth-order valence-corrected chi connectivity index (χ4v) is 3.42. The highest BCUT2D eigenvalue weighted by molar-refractivity contribution is 14.0. The highest BCUT2D eigenvalue weighted by Gasteiger charge is 2.20. The lowest BCUT2D eigenvalue weighted by atomic mass is 10.1. The second-order valence-electron chi connectivity index (χ2n) is 6.74. The number of halogens is 1. The molecule has 1 N–H and O–H groups in total. The van der Waals surface area contributed by atoms with Gasteiger partial charge in [-0.25, -0.2) is 0 Å². The third-order valence-corrected chi connectivity index (χ3v) is 5.10. The van der Waals surface area contributed by atoms with Gasteiger partial charge >= 0.3 is 0 Å². The molecule has 1 saturated heterocycles. The van der Waals surface area contributed by atoms with Crippen molar-refractivity contribution in [3.05, 3.63) is 59.4 Å². The minimum atomic E-state index is 0. The molecule has 0 aliphatic carbocycles. The zero-order valence-corrected chi connectivity index (χ0v) is 18.8. The maximum absolute atomic E-state index is 4.46. The highest BCUT2D eigenvalue weighted by atomic mass is 127. The van der Waals surface area contributed by atoms with Crippen LogP contribution >= 0.6 is 24.0 Å². The van der Waals surface area contributed by atoms with E-state index in [-0.39, 0.29) is 24.0 Å². The fourth-order valence-electron chi connectivity index (χ4n) is 3.42. The molecule has 0 radical (unpaired) electrons. The summed E-state index contributed by atoms with van der Waals surface area (Å²) in [5, 5.41) is 3.48. The lowest BCUT2D eigenvalue weighted by Gasteiger charge is -2.38. The quantitative estimate of drug-likeness (QED) is 0.416. The van der Waals surface area contributed by atoms with Gasteiger partial charge in [-0.15, -0.1) is 24.0 Å². The van der Waals surface area contributed by atoms with Gasteiger partial charge in [-0.1, -0.05) is 18.2 Å². The zero-order valence-electron chi connectivity index (χ0n) is 16.5. The van der Waals surface area contributed by atoms with E-state index in [1.54, 1.807) is 0 Å². The van der Waals surface area contributed by atoms with Crippen LogP contribution in [0.3, 0.4) is 0 Å². The summed E-state index contributed by atoms with van der Waals surface area (Å²) in [5.74, 6) is 0.988. The number of aliphatic imine (C=N–C) groups is 1. The second-order valence-corrected chi connectivity index (χ2v) is 6.74. The second kappa shape index (κ2) is 10.5. The number of aryl methyl sites for hydroxylation is 1. The topological polar surface area (TPSA) is 43.8 Å². The summed E-state index contributed by atoms with van der Waals surface area (Å²) in [6.07, 6.45) is 2.75. The van der Waals surface area contributed by atoms with E-state index in [1.165, 1.54) is 16.8 Å². The number of guanidine groups is 1. The Morgan fingerprint density at radius 3 is 2.52 bits per heavy atom. The predicted octanol–water partition coefficient (Wildman–Crippen LogP) is 3.26. The van der Waals surface area contributed by atoms with E-state index in [2.05, 4.69) is 63.2 Å². The van der Waals surface area contributed by atoms with Gasteiger partial charge in [0.25, 0.3) is 0 Å². The van der Waals surface area contributed by atoms with E-state index < -0.39 is 0 Å². The van der Waals surface area contributed by atoms with E-state index in [0.29, 0.717) is 0 Å². The fraction of sp³-hybridized carbons (Fsp3) is 0.429. The van der Waals surface area contributed by atoms with Crippen molar-refractivity contribution in [2.75, 3.05) is 44.7 Å². The lowest BCUT2D eigenvalue weighted by molar-refractivity contribution is 0.372. The van der Waals surface area contributed by atoms with Crippen LogP contribution in [-0.2, 0) is 6.42 Å². The van der Waals surface area contributed by atoms with Gasteiger partial charge < -0.3 is 15.1 Å². The normalized spacial score (nSPS) is 14.7. The van der Waals surface area contributed by atoms with Crippen LogP contribution in [0.1, 0.15) is 16.8 Å². The van der Waals surface area contributed by atoms with Gasteiger partial charge in [0.05, 0.1) is 0 Å². The first-order valence-electron chi connectivity index (χ1n) is 9.35. The van der Waals surface area contributed by atoms with Crippen molar-refractivity contribution in [3.8, 4) is 0 Å². The van der Waals surface area contributed by atoms with Crippen LogP contribution in [-0.4, -0.2) is 55.6 Å². The third-order valence-electron chi connectivity index (χ3n) is 5.10. The van der Waals surface area contributed by atoms with Gasteiger partial charge in [0.1, 0.15) is 0 Å². The van der Waals surface area contributed by atoms with Crippen LogP contribution in [0.15, 0.2) is 47.6 Å². The summed E-state index contributed by atoms with van der Waals surface area (Å²) in [5.41, 5.74) is 5.22. The third kappa shape index (κ3) is 5.57. The van der Waals surface area contributed by atoms with Crippen LogP contribution in [0, 0.1) is 13.8 Å². The average molecular weight is 479 g/mol. The number of anilines is 1. The molecule has 0 spiro atoms. The zero-order chi connectivity index (χ0) is 18.4. The molecule has 27 heavy (non-hydrogen) atoms. The number of aromatic nitrogens is 1. The highest BCUT2D eigenvalue weighted by Crippen LogP contribution is 2.23. The van der Waals surface area contributed by atoms with E-state index >= 15 is 0 Å². The Morgan fingerprint density at radius 1 is 1.07 bits per heavy atom. The molecule has 3 rings (SSSR count). The van der Waals surface area contributed by atoms with Crippen LogP contribution in [0.2, 0.25) is 0 Å². The van der Waals surface area contributed by atoms with Gasteiger partial charge in [-0.05, 0) is 43.2 Å². The minimum absolute atomic E-state index is 0. The molecule has 2 heterocycles. The monoisotopic (exact) mass is 479 g/mol. The van der Waals surface area contributed by atoms with Gasteiger partial charge in [-0.2, -0.15) is 0 Å². The molecule has 1 fully saturated rings. The first-order chi connectivity index (χ1) is 12.7. The number of piperazine rings is 1. The number of benzene rings is 1. The van der Waals surface area contributed by atoms with Crippen molar-refractivity contribution in [3.63, 3.8) is 0 Å². The van der Waals surface area contributed by atoms with Gasteiger partial charge in [0.15, 0.2) is 5.96 Å². The summed E-state index contributed by atoms with van der Waals surface area (Å²) in [4.78, 5) is 13.7. The number of pyridine rings is 1. The molecular weight excluding hydrogens is 449 g/mol. The van der Waals surface area contributed by atoms with E-state index in [4.69, 9.17) is 0 Å². The number of hydrogen-bond acceptors (Lipinski definition) is 3. The van der Waals surface area contributed by atoms with Gasteiger partial charge in [0.2, 0.25) is 0 Å². The Hall–Kier alpha value is -1.83. The number of hydrogen-bond donors (Lipinski definition) is 1. The largest absolute Gasteiger partial charge is 0.368 e. The molecule has 1 aromatic heterocycles. The summed E-state index contributed by atoms with van der Waals surface area (Å²) in [6, 6.07) is 12.6. The Labute approximate surface area is 179 Å². The number of rotatable bonds is 4. The molecule has 0 amide bonds. The molecule has 0 bridgehead atoms. The summed E-state index contributed by atoms with van der Waals surface area (Å²) in [7, 11) is 1.86. The van der Waals surface area contributed by atoms with E-state index in [1.807, 2.05) is 25.4 Å². The van der Waals surface area contributed by atoms with E-state index in [0.717, 1.165) is 50.8 Å². The van der Waals surface area contributed by atoms with Crippen molar-refractivity contribution in [2.24, 2.45) is 4.99 Å². The van der Waals surface area contributed by atoms with Crippen molar-refractivity contribution in [1.29, 1.82) is 0 Å². The van der Waals surface area contributed by atoms with Gasteiger partial charge in [0, 0.05) is 63.8 Å². The predicted molar refractivity (Wildman–Crippen MR) is 124 cm³/mol. The van der Waals surface area contributed by atoms with Crippen molar-refractivity contribution in [1.82, 2.24) is 15.2 Å². The maximum Gasteiger partial charge on any atom is 0.193 e. The van der Waals surface area contributed by atoms with Crippen molar-refractivity contribution >= 4 is 35.6 Å². The smallest absolute Gasteiger partial charge is 0.193 e. The molecule has 2 aromatic rings. The summed E-state index contributed by atoms with van der Waals surface area (Å²) >= 11 is 0. The van der Waals surface area contributed by atoms with Crippen LogP contribution in [0.25, 0.3) is 0 Å². The first kappa shape index (κ1) is 21.5. The molecular formula is C21H30IN5.